The maximum atomic E-state index is 12.8. The summed E-state index contributed by atoms with van der Waals surface area (Å²) in [6.45, 7) is 1.85. The summed E-state index contributed by atoms with van der Waals surface area (Å²) in [7, 11) is 0. The van der Waals surface area contributed by atoms with Gasteiger partial charge in [-0.2, -0.15) is 0 Å². The summed E-state index contributed by atoms with van der Waals surface area (Å²) in [5, 5.41) is 6.62. The van der Waals surface area contributed by atoms with Gasteiger partial charge in [-0.3, -0.25) is 4.79 Å². The summed E-state index contributed by atoms with van der Waals surface area (Å²) >= 11 is 0. The molecule has 2 aliphatic rings. The van der Waals surface area contributed by atoms with Gasteiger partial charge in [0.2, 0.25) is 5.91 Å². The minimum absolute atomic E-state index is 0.241. The highest BCUT2D eigenvalue weighted by atomic mass is 16.2. The summed E-state index contributed by atoms with van der Waals surface area (Å²) in [5.41, 5.74) is 0.857. The lowest BCUT2D eigenvalue weighted by atomic mass is 9.72. The summed E-state index contributed by atoms with van der Waals surface area (Å²) in [4.78, 5) is 12.8. The number of rotatable bonds is 3. The number of amides is 1. The van der Waals surface area contributed by atoms with Gasteiger partial charge < -0.3 is 10.6 Å². The first-order valence-electron chi connectivity index (χ1n) is 7.38. The molecule has 3 heteroatoms. The number of hydrogen-bond acceptors (Lipinski definition) is 2. The molecule has 0 unspecified atom stereocenters. The molecule has 3 nitrogen and oxygen atoms in total. The number of benzene rings is 1. The zero-order chi connectivity index (χ0) is 13.1. The minimum Gasteiger partial charge on any atom is -0.353 e. The van der Waals surface area contributed by atoms with Crippen LogP contribution in [0.5, 0.6) is 0 Å². The van der Waals surface area contributed by atoms with E-state index in [0.717, 1.165) is 38.8 Å². The molecule has 0 spiro atoms. The summed E-state index contributed by atoms with van der Waals surface area (Å²) in [6, 6.07) is 10.7. The van der Waals surface area contributed by atoms with Crippen LogP contribution in [0, 0.1) is 0 Å². The lowest BCUT2D eigenvalue weighted by Gasteiger charge is -2.39. The molecule has 102 valence electrons. The number of piperidine rings is 1. The first kappa shape index (κ1) is 12.7. The normalized spacial score (nSPS) is 22.5. The second kappa shape index (κ2) is 5.33. The molecular formula is C16H22N2O. The number of hydrogen-bond donors (Lipinski definition) is 2. The number of nitrogens with one attached hydrogen (secondary N) is 2. The fourth-order valence-corrected chi connectivity index (χ4v) is 3.13. The van der Waals surface area contributed by atoms with Gasteiger partial charge in [-0.1, -0.05) is 30.3 Å². The lowest BCUT2D eigenvalue weighted by Crippen LogP contribution is -2.54. The Labute approximate surface area is 114 Å². The van der Waals surface area contributed by atoms with Crippen LogP contribution in [0.2, 0.25) is 0 Å². The van der Waals surface area contributed by atoms with Gasteiger partial charge >= 0.3 is 0 Å². The van der Waals surface area contributed by atoms with Crippen molar-refractivity contribution >= 4 is 5.91 Å². The van der Waals surface area contributed by atoms with E-state index in [9.17, 15) is 4.79 Å². The molecule has 0 aromatic heterocycles. The van der Waals surface area contributed by atoms with Crippen LogP contribution in [0.15, 0.2) is 30.3 Å². The van der Waals surface area contributed by atoms with Gasteiger partial charge in [0.25, 0.3) is 0 Å². The van der Waals surface area contributed by atoms with Crippen LogP contribution in [-0.4, -0.2) is 25.0 Å². The van der Waals surface area contributed by atoms with Crippen LogP contribution in [0.25, 0.3) is 0 Å². The van der Waals surface area contributed by atoms with E-state index in [0.29, 0.717) is 6.04 Å². The number of carbonyl (C=O) groups excluding carboxylic acids is 1. The van der Waals surface area contributed by atoms with E-state index in [1.54, 1.807) is 0 Å². The van der Waals surface area contributed by atoms with Gasteiger partial charge in [-0.05, 0) is 50.8 Å². The average Bonchev–Trinajstić information content (AvgIpc) is 2.44. The standard InChI is InChI=1S/C16H22N2O/c19-15(18-14-7-4-8-14)16(9-11-17-12-10-16)13-5-2-1-3-6-13/h1-3,5-6,14,17H,4,7-12H2,(H,18,19). The molecule has 19 heavy (non-hydrogen) atoms. The molecule has 0 atom stereocenters. The van der Waals surface area contributed by atoms with Crippen LogP contribution >= 0.6 is 0 Å². The van der Waals surface area contributed by atoms with Gasteiger partial charge in [0.15, 0.2) is 0 Å². The van der Waals surface area contributed by atoms with Crippen LogP contribution in [0.1, 0.15) is 37.7 Å². The Morgan fingerprint density at radius 1 is 1.16 bits per heavy atom. The lowest BCUT2D eigenvalue weighted by molar-refractivity contribution is -0.129. The highest BCUT2D eigenvalue weighted by Gasteiger charge is 2.42. The molecule has 1 aliphatic carbocycles. The molecule has 3 rings (SSSR count). The fourth-order valence-electron chi connectivity index (χ4n) is 3.13. The average molecular weight is 258 g/mol. The third kappa shape index (κ3) is 2.39. The zero-order valence-electron chi connectivity index (χ0n) is 11.3. The molecule has 1 heterocycles. The monoisotopic (exact) mass is 258 g/mol. The van der Waals surface area contributed by atoms with Crippen molar-refractivity contribution in [3.05, 3.63) is 35.9 Å². The molecule has 1 aliphatic heterocycles. The molecule has 2 fully saturated rings. The van der Waals surface area contributed by atoms with Gasteiger partial charge in [-0.15, -0.1) is 0 Å². The van der Waals surface area contributed by atoms with Crippen molar-refractivity contribution in [1.82, 2.24) is 10.6 Å². The molecular weight excluding hydrogens is 236 g/mol. The van der Waals surface area contributed by atoms with Crippen molar-refractivity contribution in [2.45, 2.75) is 43.6 Å². The smallest absolute Gasteiger partial charge is 0.230 e. The first-order valence-corrected chi connectivity index (χ1v) is 7.38. The molecule has 1 amide bonds. The van der Waals surface area contributed by atoms with E-state index < -0.39 is 0 Å². The predicted octanol–water partition coefficient (Wildman–Crippen LogP) is 1.98. The molecule has 1 saturated carbocycles. The molecule has 1 saturated heterocycles. The Balaban J connectivity index is 1.85. The zero-order valence-corrected chi connectivity index (χ0v) is 11.3. The highest BCUT2D eigenvalue weighted by molar-refractivity contribution is 5.88. The van der Waals surface area contributed by atoms with Crippen LogP contribution in [0.4, 0.5) is 0 Å². The SMILES string of the molecule is O=C(NC1CCC1)C1(c2ccccc2)CCNCC1. The van der Waals surface area contributed by atoms with Crippen molar-refractivity contribution in [1.29, 1.82) is 0 Å². The van der Waals surface area contributed by atoms with Crippen LogP contribution in [-0.2, 0) is 10.2 Å². The maximum absolute atomic E-state index is 12.8. The number of carbonyl (C=O) groups is 1. The highest BCUT2D eigenvalue weighted by Crippen LogP contribution is 2.34. The fraction of sp³-hybridized carbons (Fsp3) is 0.562. The van der Waals surface area contributed by atoms with Crippen molar-refractivity contribution < 1.29 is 4.79 Å². The summed E-state index contributed by atoms with van der Waals surface area (Å²) in [6.07, 6.45) is 5.35. The predicted molar refractivity (Wildman–Crippen MR) is 76.0 cm³/mol. The van der Waals surface area contributed by atoms with Crippen molar-refractivity contribution in [2.75, 3.05) is 13.1 Å². The van der Waals surface area contributed by atoms with E-state index >= 15 is 0 Å². The first-order chi connectivity index (χ1) is 9.31. The second-order valence-electron chi connectivity index (χ2n) is 5.80. The maximum Gasteiger partial charge on any atom is 0.230 e. The van der Waals surface area contributed by atoms with Crippen LogP contribution < -0.4 is 10.6 Å². The van der Waals surface area contributed by atoms with E-state index in [4.69, 9.17) is 0 Å². The van der Waals surface area contributed by atoms with E-state index in [-0.39, 0.29) is 11.3 Å². The van der Waals surface area contributed by atoms with Crippen molar-refractivity contribution in [2.24, 2.45) is 0 Å². The molecule has 0 bridgehead atoms. The third-order valence-corrected chi connectivity index (χ3v) is 4.66. The summed E-state index contributed by atoms with van der Waals surface area (Å²) < 4.78 is 0. The third-order valence-electron chi connectivity index (χ3n) is 4.66. The van der Waals surface area contributed by atoms with Gasteiger partial charge in [0, 0.05) is 6.04 Å². The van der Waals surface area contributed by atoms with E-state index in [2.05, 4.69) is 22.8 Å². The van der Waals surface area contributed by atoms with Gasteiger partial charge in [0.1, 0.15) is 0 Å². The van der Waals surface area contributed by atoms with E-state index in [1.807, 2.05) is 18.2 Å². The second-order valence-corrected chi connectivity index (χ2v) is 5.80. The van der Waals surface area contributed by atoms with Crippen LogP contribution in [0.3, 0.4) is 0 Å². The van der Waals surface area contributed by atoms with Crippen molar-refractivity contribution in [3.8, 4) is 0 Å². The Hall–Kier alpha value is -1.35. The molecule has 2 N–H and O–H groups in total. The topological polar surface area (TPSA) is 41.1 Å². The molecule has 1 aromatic carbocycles. The van der Waals surface area contributed by atoms with Gasteiger partial charge in [-0.25, -0.2) is 0 Å². The largest absolute Gasteiger partial charge is 0.353 e. The molecule has 0 radical (unpaired) electrons. The van der Waals surface area contributed by atoms with E-state index in [1.165, 1.54) is 12.0 Å². The Kier molecular flexibility index (Phi) is 3.56. The minimum atomic E-state index is -0.317. The summed E-state index contributed by atoms with van der Waals surface area (Å²) in [5.74, 6) is 0.241. The molecule has 1 aromatic rings. The van der Waals surface area contributed by atoms with Gasteiger partial charge in [0.05, 0.1) is 5.41 Å². The quantitative estimate of drug-likeness (QED) is 0.870. The van der Waals surface area contributed by atoms with Crippen molar-refractivity contribution in [3.63, 3.8) is 0 Å². The Morgan fingerprint density at radius 2 is 1.84 bits per heavy atom. The Bertz CT molecular complexity index is 433. The Morgan fingerprint density at radius 3 is 2.42 bits per heavy atom.